The van der Waals surface area contributed by atoms with Crippen molar-refractivity contribution in [2.24, 2.45) is 0 Å². The molecule has 0 bridgehead atoms. The summed E-state index contributed by atoms with van der Waals surface area (Å²) in [5.74, 6) is -1.85. The Morgan fingerprint density at radius 3 is 2.40 bits per heavy atom. The van der Waals surface area contributed by atoms with Gasteiger partial charge in [0.1, 0.15) is 16.5 Å². The van der Waals surface area contributed by atoms with Crippen molar-refractivity contribution in [3.8, 4) is 22.4 Å². The maximum absolute atomic E-state index is 14.5. The number of sulfone groups is 1. The second-order valence-corrected chi connectivity index (χ2v) is 7.60. The number of aromatic nitrogens is 2. The molecule has 1 aromatic carbocycles. The summed E-state index contributed by atoms with van der Waals surface area (Å²) < 4.78 is 51.9. The molecule has 0 unspecified atom stereocenters. The van der Waals surface area contributed by atoms with Gasteiger partial charge < -0.3 is 0 Å². The van der Waals surface area contributed by atoms with Crippen LogP contribution >= 0.6 is 0 Å². The Hall–Kier alpha value is -2.67. The highest BCUT2D eigenvalue weighted by atomic mass is 32.2. The van der Waals surface area contributed by atoms with Crippen LogP contribution in [0.3, 0.4) is 0 Å². The van der Waals surface area contributed by atoms with E-state index in [0.717, 1.165) is 18.0 Å². The standard InChI is InChI=1S/C18H14F2N2O2S/c1-11-4-3-5-17(22-11)12-6-7-21-10-14(12)13-8-16(20)18(9-15(13)19)25(2,23)24/h3-10H,1-2H3. The lowest BCUT2D eigenvalue weighted by atomic mass is 9.99. The third kappa shape index (κ3) is 3.41. The van der Waals surface area contributed by atoms with Gasteiger partial charge in [-0.1, -0.05) is 6.07 Å². The van der Waals surface area contributed by atoms with Gasteiger partial charge in [-0.2, -0.15) is 0 Å². The number of benzene rings is 1. The second kappa shape index (κ2) is 6.33. The number of halogens is 2. The molecule has 0 aliphatic carbocycles. The van der Waals surface area contributed by atoms with E-state index in [1.165, 1.54) is 12.4 Å². The smallest absolute Gasteiger partial charge is 0.178 e. The molecule has 0 N–H and O–H groups in total. The predicted molar refractivity (Wildman–Crippen MR) is 90.7 cm³/mol. The van der Waals surface area contributed by atoms with Crippen molar-refractivity contribution in [2.75, 3.05) is 6.26 Å². The van der Waals surface area contributed by atoms with Crippen LogP contribution < -0.4 is 0 Å². The van der Waals surface area contributed by atoms with Gasteiger partial charge in [0.05, 0.1) is 5.69 Å². The Kier molecular flexibility index (Phi) is 4.34. The quantitative estimate of drug-likeness (QED) is 0.713. The van der Waals surface area contributed by atoms with E-state index in [4.69, 9.17) is 0 Å². The number of nitrogens with zero attached hydrogens (tertiary/aromatic N) is 2. The molecule has 3 rings (SSSR count). The summed E-state index contributed by atoms with van der Waals surface area (Å²) in [7, 11) is -3.87. The van der Waals surface area contributed by atoms with Crippen molar-refractivity contribution in [3.63, 3.8) is 0 Å². The van der Waals surface area contributed by atoms with E-state index in [1.807, 2.05) is 19.1 Å². The molecule has 2 heterocycles. The lowest BCUT2D eigenvalue weighted by Gasteiger charge is -2.11. The molecule has 0 aliphatic rings. The van der Waals surface area contributed by atoms with Crippen LogP contribution in [0.1, 0.15) is 5.69 Å². The topological polar surface area (TPSA) is 59.9 Å². The maximum Gasteiger partial charge on any atom is 0.178 e. The van der Waals surface area contributed by atoms with Crippen LogP contribution in [-0.2, 0) is 9.84 Å². The first-order chi connectivity index (χ1) is 11.8. The Bertz CT molecular complexity index is 1070. The van der Waals surface area contributed by atoms with E-state index in [9.17, 15) is 17.2 Å². The molecule has 7 heteroatoms. The first kappa shape index (κ1) is 17.2. The van der Waals surface area contributed by atoms with Gasteiger partial charge in [0.2, 0.25) is 0 Å². The normalized spacial score (nSPS) is 11.5. The zero-order chi connectivity index (χ0) is 18.2. The molecule has 4 nitrogen and oxygen atoms in total. The predicted octanol–water partition coefficient (Wildman–Crippen LogP) is 3.80. The van der Waals surface area contributed by atoms with E-state index in [1.54, 1.807) is 12.1 Å². The van der Waals surface area contributed by atoms with Gasteiger partial charge in [-0.3, -0.25) is 9.97 Å². The van der Waals surface area contributed by atoms with Gasteiger partial charge in [0.15, 0.2) is 9.84 Å². The highest BCUT2D eigenvalue weighted by molar-refractivity contribution is 7.90. The van der Waals surface area contributed by atoms with E-state index in [0.29, 0.717) is 22.9 Å². The monoisotopic (exact) mass is 360 g/mol. The highest BCUT2D eigenvalue weighted by Gasteiger charge is 2.20. The zero-order valence-electron chi connectivity index (χ0n) is 13.5. The van der Waals surface area contributed by atoms with Gasteiger partial charge in [-0.25, -0.2) is 17.2 Å². The summed E-state index contributed by atoms with van der Waals surface area (Å²) >= 11 is 0. The lowest BCUT2D eigenvalue weighted by Crippen LogP contribution is -2.03. The fourth-order valence-electron chi connectivity index (χ4n) is 2.54. The first-order valence-corrected chi connectivity index (χ1v) is 9.24. The molecule has 128 valence electrons. The second-order valence-electron chi connectivity index (χ2n) is 5.62. The average Bonchev–Trinajstić information content (AvgIpc) is 2.55. The van der Waals surface area contributed by atoms with Crippen LogP contribution in [0.5, 0.6) is 0 Å². The van der Waals surface area contributed by atoms with Crippen LogP contribution in [0.25, 0.3) is 22.4 Å². The van der Waals surface area contributed by atoms with Crippen molar-refractivity contribution in [1.82, 2.24) is 9.97 Å². The van der Waals surface area contributed by atoms with Gasteiger partial charge in [0.25, 0.3) is 0 Å². The van der Waals surface area contributed by atoms with Crippen LogP contribution in [0.2, 0.25) is 0 Å². The average molecular weight is 360 g/mol. The summed E-state index contributed by atoms with van der Waals surface area (Å²) in [5.41, 5.74) is 2.20. The molecular formula is C18H14F2N2O2S. The van der Waals surface area contributed by atoms with Crippen LogP contribution in [0, 0.1) is 18.6 Å². The molecule has 3 aromatic rings. The van der Waals surface area contributed by atoms with E-state index < -0.39 is 26.4 Å². The fraction of sp³-hybridized carbons (Fsp3) is 0.111. The molecule has 0 spiro atoms. The maximum atomic E-state index is 14.5. The zero-order valence-corrected chi connectivity index (χ0v) is 14.3. The number of aryl methyl sites for hydroxylation is 1. The highest BCUT2D eigenvalue weighted by Crippen LogP contribution is 2.34. The molecule has 0 aliphatic heterocycles. The Morgan fingerprint density at radius 2 is 1.72 bits per heavy atom. The Labute approximate surface area is 144 Å². The summed E-state index contributed by atoms with van der Waals surface area (Å²) in [4.78, 5) is 7.70. The third-order valence-corrected chi connectivity index (χ3v) is 4.81. The van der Waals surface area contributed by atoms with Crippen LogP contribution in [0.4, 0.5) is 8.78 Å². The molecular weight excluding hydrogens is 346 g/mol. The number of hydrogen-bond acceptors (Lipinski definition) is 4. The minimum absolute atomic E-state index is 0.0729. The van der Waals surface area contributed by atoms with Crippen molar-refractivity contribution < 1.29 is 17.2 Å². The van der Waals surface area contributed by atoms with E-state index in [-0.39, 0.29) is 5.56 Å². The molecule has 0 fully saturated rings. The van der Waals surface area contributed by atoms with E-state index >= 15 is 0 Å². The Balaban J connectivity index is 2.24. The largest absolute Gasteiger partial charge is 0.264 e. The SMILES string of the molecule is Cc1cccc(-c2ccncc2-c2cc(F)c(S(C)(=O)=O)cc2F)n1. The van der Waals surface area contributed by atoms with Crippen molar-refractivity contribution in [2.45, 2.75) is 11.8 Å². The van der Waals surface area contributed by atoms with Crippen LogP contribution in [0.15, 0.2) is 53.7 Å². The molecule has 0 radical (unpaired) electrons. The fourth-order valence-corrected chi connectivity index (χ4v) is 3.28. The Morgan fingerprint density at radius 1 is 0.960 bits per heavy atom. The van der Waals surface area contributed by atoms with Crippen molar-refractivity contribution in [1.29, 1.82) is 0 Å². The van der Waals surface area contributed by atoms with Gasteiger partial charge in [-0.05, 0) is 37.3 Å². The molecule has 0 amide bonds. The summed E-state index contributed by atoms with van der Waals surface area (Å²) in [5, 5.41) is 0. The van der Waals surface area contributed by atoms with E-state index in [2.05, 4.69) is 9.97 Å². The number of pyridine rings is 2. The summed E-state index contributed by atoms with van der Waals surface area (Å²) in [6.07, 6.45) is 3.76. The molecule has 0 atom stereocenters. The van der Waals surface area contributed by atoms with Gasteiger partial charge >= 0.3 is 0 Å². The lowest BCUT2D eigenvalue weighted by molar-refractivity contribution is 0.557. The first-order valence-electron chi connectivity index (χ1n) is 7.35. The number of hydrogen-bond donors (Lipinski definition) is 0. The summed E-state index contributed by atoms with van der Waals surface area (Å²) in [6, 6.07) is 8.61. The number of rotatable bonds is 3. The van der Waals surface area contributed by atoms with Crippen molar-refractivity contribution >= 4 is 9.84 Å². The minimum atomic E-state index is -3.87. The van der Waals surface area contributed by atoms with Crippen LogP contribution in [-0.4, -0.2) is 24.6 Å². The third-order valence-electron chi connectivity index (χ3n) is 3.70. The molecule has 0 saturated carbocycles. The minimum Gasteiger partial charge on any atom is -0.264 e. The molecule has 2 aromatic heterocycles. The summed E-state index contributed by atoms with van der Waals surface area (Å²) in [6.45, 7) is 1.82. The van der Waals surface area contributed by atoms with Gasteiger partial charge in [-0.15, -0.1) is 0 Å². The molecule has 0 saturated heterocycles. The molecule has 25 heavy (non-hydrogen) atoms. The van der Waals surface area contributed by atoms with Crippen molar-refractivity contribution in [3.05, 3.63) is 66.1 Å². The van der Waals surface area contributed by atoms with Gasteiger partial charge in [0, 0.05) is 41.0 Å².